The van der Waals surface area contributed by atoms with Crippen molar-refractivity contribution in [3.05, 3.63) is 0 Å². The number of hydrogen-bond donors (Lipinski definition) is 3. The molecular formula is C71H138O17P2. The minimum Gasteiger partial charge on any atom is -0.462 e. The summed E-state index contributed by atoms with van der Waals surface area (Å²) in [5.74, 6) is -0.700. The number of unbranched alkanes of at least 4 members (excludes halogenated alkanes) is 39. The van der Waals surface area contributed by atoms with Gasteiger partial charge in [-0.1, -0.05) is 311 Å². The van der Waals surface area contributed by atoms with Crippen LogP contribution in [0.3, 0.4) is 0 Å². The second kappa shape index (κ2) is 63.1. The van der Waals surface area contributed by atoms with Gasteiger partial charge in [-0.05, 0) is 37.5 Å². The number of esters is 4. The Morgan fingerprint density at radius 1 is 0.322 bits per heavy atom. The highest BCUT2D eigenvalue weighted by atomic mass is 31.2. The first-order valence-corrected chi connectivity index (χ1v) is 40.0. The number of carbonyl (C=O) groups is 4. The predicted molar refractivity (Wildman–Crippen MR) is 363 cm³/mol. The molecule has 0 spiro atoms. The summed E-state index contributed by atoms with van der Waals surface area (Å²) in [6.07, 6.45) is 48.8. The van der Waals surface area contributed by atoms with Crippen LogP contribution in [0.1, 0.15) is 363 Å². The average Bonchev–Trinajstić information content (AvgIpc) is 3.67. The van der Waals surface area contributed by atoms with Gasteiger partial charge < -0.3 is 33.8 Å². The Morgan fingerprint density at radius 2 is 0.567 bits per heavy atom. The second-order valence-electron chi connectivity index (χ2n) is 26.3. The summed E-state index contributed by atoms with van der Waals surface area (Å²) in [5.41, 5.74) is 0. The average molecular weight is 1330 g/mol. The van der Waals surface area contributed by atoms with Crippen LogP contribution in [0.25, 0.3) is 0 Å². The highest BCUT2D eigenvalue weighted by molar-refractivity contribution is 7.47. The van der Waals surface area contributed by atoms with Crippen LogP contribution in [0.4, 0.5) is 0 Å². The Balaban J connectivity index is 5.20. The zero-order valence-electron chi connectivity index (χ0n) is 58.4. The third-order valence-corrected chi connectivity index (χ3v) is 18.7. The number of hydrogen-bond acceptors (Lipinski definition) is 15. The van der Waals surface area contributed by atoms with Crippen molar-refractivity contribution in [2.75, 3.05) is 39.6 Å². The second-order valence-corrected chi connectivity index (χ2v) is 29.3. The molecule has 0 radical (unpaired) electrons. The molecule has 3 N–H and O–H groups in total. The molecule has 0 heterocycles. The maximum absolute atomic E-state index is 13.0. The maximum atomic E-state index is 13.0. The van der Waals surface area contributed by atoms with Gasteiger partial charge in [0.15, 0.2) is 12.2 Å². The summed E-state index contributed by atoms with van der Waals surface area (Å²) >= 11 is 0. The molecule has 0 saturated carbocycles. The molecular weight excluding hydrogens is 1190 g/mol. The Bertz CT molecular complexity index is 1750. The predicted octanol–water partition coefficient (Wildman–Crippen LogP) is 20.4. The van der Waals surface area contributed by atoms with E-state index in [1.165, 1.54) is 173 Å². The van der Waals surface area contributed by atoms with Gasteiger partial charge in [0.2, 0.25) is 0 Å². The fraction of sp³-hybridized carbons (Fsp3) is 0.944. The number of phosphoric acid groups is 2. The quantitative estimate of drug-likeness (QED) is 0.0222. The normalized spacial score (nSPS) is 14.4. The van der Waals surface area contributed by atoms with Gasteiger partial charge in [0.05, 0.1) is 26.4 Å². The minimum absolute atomic E-state index is 0.103. The van der Waals surface area contributed by atoms with Crippen molar-refractivity contribution in [2.24, 2.45) is 11.8 Å². The maximum Gasteiger partial charge on any atom is 0.472 e. The highest BCUT2D eigenvalue weighted by Crippen LogP contribution is 2.45. The van der Waals surface area contributed by atoms with Crippen molar-refractivity contribution in [1.82, 2.24) is 0 Å². The summed E-state index contributed by atoms with van der Waals surface area (Å²) in [5, 5.41) is 10.6. The van der Waals surface area contributed by atoms with Gasteiger partial charge >= 0.3 is 39.5 Å². The van der Waals surface area contributed by atoms with E-state index >= 15 is 0 Å². The summed E-state index contributed by atoms with van der Waals surface area (Å²) in [6, 6.07) is 0. The molecule has 0 aliphatic heterocycles. The molecule has 6 atom stereocenters. The Labute approximate surface area is 549 Å². The number of carbonyl (C=O) groups excluding carboxylic acids is 4. The number of rotatable bonds is 70. The van der Waals surface area contributed by atoms with Crippen LogP contribution in [-0.2, 0) is 65.4 Å². The lowest BCUT2D eigenvalue weighted by molar-refractivity contribution is -0.161. The van der Waals surface area contributed by atoms with Crippen molar-refractivity contribution in [3.8, 4) is 0 Å². The van der Waals surface area contributed by atoms with E-state index in [2.05, 4.69) is 41.5 Å². The van der Waals surface area contributed by atoms with Gasteiger partial charge in [0.1, 0.15) is 19.3 Å². The Morgan fingerprint density at radius 3 is 0.844 bits per heavy atom. The van der Waals surface area contributed by atoms with Crippen molar-refractivity contribution < 1.29 is 80.2 Å². The summed E-state index contributed by atoms with van der Waals surface area (Å²) < 4.78 is 68.3. The van der Waals surface area contributed by atoms with Gasteiger partial charge in [-0.3, -0.25) is 37.3 Å². The summed E-state index contributed by atoms with van der Waals surface area (Å²) in [6.45, 7) is 9.44. The van der Waals surface area contributed by atoms with Crippen LogP contribution < -0.4 is 0 Å². The highest BCUT2D eigenvalue weighted by Gasteiger charge is 2.30. The van der Waals surface area contributed by atoms with E-state index in [0.717, 1.165) is 102 Å². The molecule has 0 amide bonds. The minimum atomic E-state index is -4.95. The van der Waals surface area contributed by atoms with Crippen molar-refractivity contribution in [1.29, 1.82) is 0 Å². The molecule has 0 aromatic rings. The molecule has 90 heavy (non-hydrogen) atoms. The number of phosphoric ester groups is 2. The van der Waals surface area contributed by atoms with Crippen LogP contribution in [-0.4, -0.2) is 96.7 Å². The third-order valence-electron chi connectivity index (χ3n) is 16.8. The van der Waals surface area contributed by atoms with Crippen LogP contribution >= 0.6 is 15.6 Å². The largest absolute Gasteiger partial charge is 0.472 e. The van der Waals surface area contributed by atoms with Gasteiger partial charge in [-0.15, -0.1) is 0 Å². The van der Waals surface area contributed by atoms with E-state index in [-0.39, 0.29) is 25.7 Å². The van der Waals surface area contributed by atoms with Gasteiger partial charge in [-0.25, -0.2) is 9.13 Å². The monoisotopic (exact) mass is 1320 g/mol. The third kappa shape index (κ3) is 63.5. The molecule has 0 aliphatic carbocycles. The molecule has 17 nitrogen and oxygen atoms in total. The summed E-state index contributed by atoms with van der Waals surface area (Å²) in [4.78, 5) is 72.5. The Hall–Kier alpha value is -1.94. The SMILES string of the molecule is CCCCCCCCCCCCCCCCCCCCCC(=O)O[C@H](COC(=O)CCCCCCCCCCCCC)COP(=O)(O)OC[C@@H](O)COP(=O)(O)OC[C@@H](COC(=O)CCCCCCCCC(C)CC)OC(=O)CCCCCCCCCC(C)C. The lowest BCUT2D eigenvalue weighted by Crippen LogP contribution is -2.30. The zero-order valence-corrected chi connectivity index (χ0v) is 60.2. The molecule has 3 unspecified atom stereocenters. The molecule has 0 bridgehead atoms. The van der Waals surface area contributed by atoms with E-state index in [0.29, 0.717) is 31.6 Å². The van der Waals surface area contributed by atoms with Crippen LogP contribution in [0, 0.1) is 11.8 Å². The standard InChI is InChI=1S/C71H138O17P2/c1-7-10-12-14-16-18-20-21-22-23-24-25-26-27-29-31-35-43-49-55-70(75)87-66(59-81-68(73)53-47-41-34-30-28-19-17-15-13-11-8-2)61-85-89(77,78)83-57-65(72)58-84-90(79,80)86-62-67(88-71(76)56-50-44-36-32-33-39-45-51-63(4)5)60-82-69(74)54-48-42-38-37-40-46-52-64(6)9-3/h63-67,72H,7-62H2,1-6H3,(H,77,78)(H,79,80)/t64?,65-,66-,67-/m1/s1. The van der Waals surface area contributed by atoms with E-state index in [1.54, 1.807) is 0 Å². The summed E-state index contributed by atoms with van der Waals surface area (Å²) in [7, 11) is -9.90. The van der Waals surface area contributed by atoms with Crippen molar-refractivity contribution in [2.45, 2.75) is 381 Å². The van der Waals surface area contributed by atoms with E-state index in [4.69, 9.17) is 37.0 Å². The van der Waals surface area contributed by atoms with Crippen LogP contribution in [0.2, 0.25) is 0 Å². The van der Waals surface area contributed by atoms with Gasteiger partial charge in [0.25, 0.3) is 0 Å². The molecule has 0 aromatic heterocycles. The van der Waals surface area contributed by atoms with Crippen LogP contribution in [0.15, 0.2) is 0 Å². The van der Waals surface area contributed by atoms with E-state index < -0.39 is 97.5 Å². The first-order chi connectivity index (χ1) is 43.4. The lowest BCUT2D eigenvalue weighted by Gasteiger charge is -2.21. The molecule has 0 aliphatic rings. The molecule has 0 saturated heterocycles. The molecule has 19 heteroatoms. The fourth-order valence-electron chi connectivity index (χ4n) is 10.7. The van der Waals surface area contributed by atoms with Crippen molar-refractivity contribution in [3.63, 3.8) is 0 Å². The molecule has 0 aromatic carbocycles. The van der Waals surface area contributed by atoms with Gasteiger partial charge in [-0.2, -0.15) is 0 Å². The van der Waals surface area contributed by atoms with E-state index in [1.807, 2.05) is 0 Å². The molecule has 534 valence electrons. The number of aliphatic hydroxyl groups excluding tert-OH is 1. The lowest BCUT2D eigenvalue weighted by atomic mass is 10.00. The van der Waals surface area contributed by atoms with E-state index in [9.17, 15) is 43.2 Å². The number of aliphatic hydroxyl groups is 1. The first-order valence-electron chi connectivity index (χ1n) is 37.0. The molecule has 0 rings (SSSR count). The first kappa shape index (κ1) is 88.1. The van der Waals surface area contributed by atoms with Crippen LogP contribution in [0.5, 0.6) is 0 Å². The molecule has 0 fully saturated rings. The Kier molecular flexibility index (Phi) is 61.8. The number of ether oxygens (including phenoxy) is 4. The fourth-order valence-corrected chi connectivity index (χ4v) is 12.3. The van der Waals surface area contributed by atoms with Gasteiger partial charge in [0, 0.05) is 25.7 Å². The zero-order chi connectivity index (χ0) is 66.5. The topological polar surface area (TPSA) is 237 Å². The van der Waals surface area contributed by atoms with Crippen molar-refractivity contribution >= 4 is 39.5 Å². The smallest absolute Gasteiger partial charge is 0.462 e.